The van der Waals surface area contributed by atoms with Crippen LogP contribution in [0.2, 0.25) is 0 Å². The molecule has 0 saturated carbocycles. The number of aryl methyl sites for hydroxylation is 2. The topological polar surface area (TPSA) is 49.3 Å². The Labute approximate surface area is 136 Å². The fourth-order valence-electron chi connectivity index (χ4n) is 2.22. The van der Waals surface area contributed by atoms with E-state index in [0.29, 0.717) is 0 Å². The highest BCUT2D eigenvalue weighted by Crippen LogP contribution is 2.10. The van der Waals surface area contributed by atoms with E-state index in [4.69, 9.17) is 0 Å². The number of hydrogen-bond acceptors (Lipinski definition) is 3. The summed E-state index contributed by atoms with van der Waals surface area (Å²) in [7, 11) is 1.80. The molecule has 2 rings (SSSR count). The first kappa shape index (κ1) is 16.5. The fourth-order valence-corrected chi connectivity index (χ4v) is 3.00. The number of guanidine groups is 1. The minimum absolute atomic E-state index is 0.844. The monoisotopic (exact) mass is 316 g/mol. The zero-order chi connectivity index (χ0) is 15.8. The average Bonchev–Trinajstić information content (AvgIpc) is 2.91. The third-order valence-electron chi connectivity index (χ3n) is 3.31. The summed E-state index contributed by atoms with van der Waals surface area (Å²) in [6, 6.07) is 8.61. The number of aromatic nitrogens is 1. The lowest BCUT2D eigenvalue weighted by Gasteiger charge is -2.11. The molecule has 1 aromatic carbocycles. The Kier molecular flexibility index (Phi) is 6.40. The first-order valence-electron chi connectivity index (χ1n) is 7.59. The van der Waals surface area contributed by atoms with Crippen LogP contribution in [0.25, 0.3) is 0 Å². The van der Waals surface area contributed by atoms with Gasteiger partial charge in [0.05, 0.1) is 5.01 Å². The molecular formula is C17H24N4S. The van der Waals surface area contributed by atoms with Crippen molar-refractivity contribution in [2.24, 2.45) is 4.99 Å². The van der Waals surface area contributed by atoms with Gasteiger partial charge < -0.3 is 10.6 Å². The lowest BCUT2D eigenvalue weighted by molar-refractivity contribution is 0.782. The van der Waals surface area contributed by atoms with Gasteiger partial charge in [0.1, 0.15) is 0 Å². The molecule has 0 fully saturated rings. The lowest BCUT2D eigenvalue weighted by Crippen LogP contribution is -2.39. The van der Waals surface area contributed by atoms with Gasteiger partial charge in [-0.1, -0.05) is 29.8 Å². The lowest BCUT2D eigenvalue weighted by atomic mass is 10.1. The maximum atomic E-state index is 4.37. The number of rotatable bonds is 6. The number of aliphatic imine (C=N–C) groups is 1. The molecule has 0 saturated heterocycles. The molecule has 0 aliphatic carbocycles. The first-order valence-corrected chi connectivity index (χ1v) is 8.40. The summed E-state index contributed by atoms with van der Waals surface area (Å²) >= 11 is 1.75. The molecule has 0 spiro atoms. The van der Waals surface area contributed by atoms with Crippen LogP contribution in [0.15, 0.2) is 35.5 Å². The van der Waals surface area contributed by atoms with Crippen molar-refractivity contribution in [3.8, 4) is 0 Å². The van der Waals surface area contributed by atoms with Crippen molar-refractivity contribution in [3.63, 3.8) is 0 Å². The van der Waals surface area contributed by atoms with Crippen LogP contribution in [0.4, 0.5) is 0 Å². The van der Waals surface area contributed by atoms with Crippen LogP contribution in [0.3, 0.4) is 0 Å². The van der Waals surface area contributed by atoms with E-state index in [1.54, 1.807) is 18.4 Å². The van der Waals surface area contributed by atoms with Crippen LogP contribution in [-0.4, -0.2) is 31.1 Å². The molecule has 118 valence electrons. The summed E-state index contributed by atoms with van der Waals surface area (Å²) in [4.78, 5) is 9.88. The standard InChI is InChI=1S/C17H24N4S/c1-13-5-4-6-15(11-13)7-9-19-17(18-3)20-10-8-16-21-12-14(2)22-16/h4-6,11-12H,7-10H2,1-3H3,(H2,18,19,20). The van der Waals surface area contributed by atoms with Crippen LogP contribution in [-0.2, 0) is 12.8 Å². The molecule has 0 amide bonds. The van der Waals surface area contributed by atoms with E-state index in [2.05, 4.69) is 58.7 Å². The van der Waals surface area contributed by atoms with Gasteiger partial charge in [-0.05, 0) is 25.8 Å². The molecule has 4 nitrogen and oxygen atoms in total. The molecule has 5 heteroatoms. The van der Waals surface area contributed by atoms with Gasteiger partial charge in [-0.3, -0.25) is 4.99 Å². The van der Waals surface area contributed by atoms with E-state index in [-0.39, 0.29) is 0 Å². The summed E-state index contributed by atoms with van der Waals surface area (Å²) in [5.74, 6) is 0.848. The van der Waals surface area contributed by atoms with Crippen LogP contribution in [0, 0.1) is 13.8 Å². The predicted octanol–water partition coefficient (Wildman–Crippen LogP) is 2.71. The third-order valence-corrected chi connectivity index (χ3v) is 4.29. The molecule has 1 heterocycles. The van der Waals surface area contributed by atoms with Crippen molar-refractivity contribution < 1.29 is 0 Å². The number of hydrogen-bond donors (Lipinski definition) is 2. The van der Waals surface area contributed by atoms with E-state index < -0.39 is 0 Å². The maximum absolute atomic E-state index is 4.37. The summed E-state index contributed by atoms with van der Waals surface area (Å²) in [5.41, 5.74) is 2.65. The van der Waals surface area contributed by atoms with Gasteiger partial charge in [-0.2, -0.15) is 0 Å². The van der Waals surface area contributed by atoms with Crippen LogP contribution >= 0.6 is 11.3 Å². The molecule has 0 atom stereocenters. The highest BCUT2D eigenvalue weighted by Gasteiger charge is 2.01. The summed E-state index contributed by atoms with van der Waals surface area (Å²) < 4.78 is 0. The molecule has 0 aliphatic heterocycles. The second-order valence-corrected chi connectivity index (χ2v) is 6.60. The molecule has 2 N–H and O–H groups in total. The minimum Gasteiger partial charge on any atom is -0.356 e. The largest absolute Gasteiger partial charge is 0.356 e. The smallest absolute Gasteiger partial charge is 0.191 e. The number of nitrogens with one attached hydrogen (secondary N) is 2. The molecule has 22 heavy (non-hydrogen) atoms. The first-order chi connectivity index (χ1) is 10.7. The molecule has 0 bridgehead atoms. The summed E-state index contributed by atoms with van der Waals surface area (Å²) in [6.07, 6.45) is 3.85. The molecule has 1 aromatic heterocycles. The Bertz CT molecular complexity index is 619. The third kappa shape index (κ3) is 5.48. The highest BCUT2D eigenvalue weighted by atomic mass is 32.1. The number of benzene rings is 1. The van der Waals surface area contributed by atoms with Crippen molar-refractivity contribution in [2.75, 3.05) is 20.1 Å². The molecular weight excluding hydrogens is 292 g/mol. The SMILES string of the molecule is CN=C(NCCc1cccc(C)c1)NCCc1ncc(C)s1. The number of nitrogens with zero attached hydrogens (tertiary/aromatic N) is 2. The van der Waals surface area contributed by atoms with E-state index in [1.165, 1.54) is 21.0 Å². The Balaban J connectivity index is 1.69. The van der Waals surface area contributed by atoms with Crippen molar-refractivity contribution in [3.05, 3.63) is 51.5 Å². The van der Waals surface area contributed by atoms with E-state index in [1.807, 2.05) is 6.20 Å². The maximum Gasteiger partial charge on any atom is 0.191 e. The summed E-state index contributed by atoms with van der Waals surface area (Å²) in [5, 5.41) is 7.85. The van der Waals surface area contributed by atoms with Crippen LogP contribution < -0.4 is 10.6 Å². The van der Waals surface area contributed by atoms with Crippen molar-refractivity contribution in [2.45, 2.75) is 26.7 Å². The zero-order valence-corrected chi connectivity index (χ0v) is 14.3. The van der Waals surface area contributed by atoms with Crippen LogP contribution in [0.1, 0.15) is 21.0 Å². The van der Waals surface area contributed by atoms with Crippen LogP contribution in [0.5, 0.6) is 0 Å². The van der Waals surface area contributed by atoms with Gasteiger partial charge >= 0.3 is 0 Å². The van der Waals surface area contributed by atoms with E-state index in [9.17, 15) is 0 Å². The van der Waals surface area contributed by atoms with Gasteiger partial charge in [0, 0.05) is 37.6 Å². The normalized spacial score (nSPS) is 11.5. The Morgan fingerprint density at radius 2 is 1.95 bits per heavy atom. The van der Waals surface area contributed by atoms with Crippen molar-refractivity contribution in [1.29, 1.82) is 0 Å². The Hall–Kier alpha value is -1.88. The number of thiazole rings is 1. The molecule has 2 aromatic rings. The van der Waals surface area contributed by atoms with E-state index >= 15 is 0 Å². The van der Waals surface area contributed by atoms with E-state index in [0.717, 1.165) is 31.9 Å². The average molecular weight is 316 g/mol. The Morgan fingerprint density at radius 1 is 1.18 bits per heavy atom. The molecule has 0 aliphatic rings. The second-order valence-electron chi connectivity index (χ2n) is 5.28. The second kappa shape index (κ2) is 8.54. The highest BCUT2D eigenvalue weighted by molar-refractivity contribution is 7.11. The zero-order valence-electron chi connectivity index (χ0n) is 13.5. The van der Waals surface area contributed by atoms with Crippen molar-refractivity contribution in [1.82, 2.24) is 15.6 Å². The molecule has 0 radical (unpaired) electrons. The van der Waals surface area contributed by atoms with Gasteiger partial charge in [0.2, 0.25) is 0 Å². The summed E-state index contributed by atoms with van der Waals surface area (Å²) in [6.45, 7) is 5.93. The quantitative estimate of drug-likeness (QED) is 0.636. The van der Waals surface area contributed by atoms with Gasteiger partial charge in [0.25, 0.3) is 0 Å². The minimum atomic E-state index is 0.844. The van der Waals surface area contributed by atoms with Gasteiger partial charge in [-0.15, -0.1) is 11.3 Å². The van der Waals surface area contributed by atoms with Crippen molar-refractivity contribution >= 4 is 17.3 Å². The van der Waals surface area contributed by atoms with Gasteiger partial charge in [0.15, 0.2) is 5.96 Å². The Morgan fingerprint density at radius 3 is 2.59 bits per heavy atom. The predicted molar refractivity (Wildman–Crippen MR) is 94.8 cm³/mol. The molecule has 0 unspecified atom stereocenters. The van der Waals surface area contributed by atoms with Gasteiger partial charge in [-0.25, -0.2) is 4.98 Å². The fraction of sp³-hybridized carbons (Fsp3) is 0.412.